The van der Waals surface area contributed by atoms with E-state index in [2.05, 4.69) is 9.97 Å². The van der Waals surface area contributed by atoms with Crippen molar-refractivity contribution in [1.29, 1.82) is 0 Å². The summed E-state index contributed by atoms with van der Waals surface area (Å²) >= 11 is -1.22. The first kappa shape index (κ1) is 19.4. The Labute approximate surface area is 172 Å². The molecule has 0 aliphatic rings. The summed E-state index contributed by atoms with van der Waals surface area (Å²) in [6.07, 6.45) is 3.18. The first-order valence-corrected chi connectivity index (χ1v) is 10.8. The Bertz CT molecular complexity index is 1100. The number of halogens is 4. The summed E-state index contributed by atoms with van der Waals surface area (Å²) in [6, 6.07) is 13.5. The molecule has 0 radical (unpaired) electrons. The van der Waals surface area contributed by atoms with Gasteiger partial charge in [-0.3, -0.25) is 0 Å². The van der Waals surface area contributed by atoms with Crippen LogP contribution in [-0.2, 0) is 17.7 Å². The molecule has 0 saturated heterocycles. The predicted octanol–water partition coefficient (Wildman–Crippen LogP) is 4.40. The molecule has 4 rings (SSSR count). The molecule has 2 heterocycles. The number of hydrogen-bond donors (Lipinski definition) is 0. The van der Waals surface area contributed by atoms with E-state index in [0.717, 1.165) is 12.1 Å². The minimum atomic E-state index is -1.22. The van der Waals surface area contributed by atoms with Gasteiger partial charge in [-0.1, -0.05) is 0 Å². The van der Waals surface area contributed by atoms with Crippen molar-refractivity contribution in [2.24, 2.45) is 0 Å². The van der Waals surface area contributed by atoms with E-state index in [4.69, 9.17) is 0 Å². The minimum absolute atomic E-state index is 0.240. The summed E-state index contributed by atoms with van der Waals surface area (Å²) in [5.74, 6) is -2.69. The summed E-state index contributed by atoms with van der Waals surface area (Å²) in [4.78, 5) is 8.77. The Hall–Kier alpha value is -2.89. The second-order valence-electron chi connectivity index (χ2n) is 5.97. The molecule has 4 aromatic rings. The molecule has 0 N–H and O–H groups in total. The van der Waals surface area contributed by atoms with Crippen molar-refractivity contribution in [2.75, 3.05) is 0 Å². The maximum absolute atomic E-state index is 14.3. The van der Waals surface area contributed by atoms with E-state index in [1.54, 1.807) is 36.7 Å². The zero-order valence-electron chi connectivity index (χ0n) is 14.7. The van der Waals surface area contributed by atoms with Crippen LogP contribution in [0, 0.1) is 23.3 Å². The molecule has 0 spiro atoms. The Kier molecular flexibility index (Phi) is 5.51. The normalized spacial score (nSPS) is 11.0. The van der Waals surface area contributed by atoms with Gasteiger partial charge in [0.25, 0.3) is 0 Å². The molecule has 0 amide bonds. The number of aromatic nitrogens is 2. The maximum atomic E-state index is 14.3. The summed E-state index contributed by atoms with van der Waals surface area (Å²) in [7, 11) is 0. The van der Waals surface area contributed by atoms with Crippen molar-refractivity contribution in [3.05, 3.63) is 96.3 Å². The number of benzene rings is 2. The molecule has 29 heavy (non-hydrogen) atoms. The topological polar surface area (TPSA) is 25.8 Å². The van der Waals surface area contributed by atoms with Gasteiger partial charge < -0.3 is 0 Å². The third-order valence-corrected chi connectivity index (χ3v) is 7.13. The number of pyridine rings is 2. The zero-order chi connectivity index (χ0) is 20.4. The van der Waals surface area contributed by atoms with Gasteiger partial charge in [0.05, 0.1) is 0 Å². The molecule has 2 aromatic carbocycles. The van der Waals surface area contributed by atoms with Crippen LogP contribution in [0.4, 0.5) is 17.6 Å². The number of hydrogen-bond acceptors (Lipinski definition) is 2. The van der Waals surface area contributed by atoms with Gasteiger partial charge in [-0.2, -0.15) is 0 Å². The average molecular weight is 573 g/mol. The predicted molar refractivity (Wildman–Crippen MR) is 98.4 cm³/mol. The van der Waals surface area contributed by atoms with Crippen molar-refractivity contribution in [2.45, 2.75) is 0 Å². The van der Waals surface area contributed by atoms with Gasteiger partial charge in [0.1, 0.15) is 0 Å². The fourth-order valence-electron chi connectivity index (χ4n) is 2.77. The van der Waals surface area contributed by atoms with E-state index in [1.165, 1.54) is 24.3 Å². The van der Waals surface area contributed by atoms with E-state index in [9.17, 15) is 17.6 Å². The summed E-state index contributed by atoms with van der Waals surface area (Å²) in [5.41, 5.74) is 1.56. The van der Waals surface area contributed by atoms with Crippen LogP contribution in [-0.4, -0.2) is 9.97 Å². The molecule has 0 unspecified atom stereocenters. The standard InChI is InChI=1S/2C11H6F2N.Ir/c2*12-9-3-4-10(11(13)6-9)8-2-1-5-14-7-8;/h2*1-6H;. The van der Waals surface area contributed by atoms with E-state index in [1.807, 2.05) is 0 Å². The van der Waals surface area contributed by atoms with Crippen LogP contribution in [0.2, 0.25) is 0 Å². The van der Waals surface area contributed by atoms with Gasteiger partial charge in [0.2, 0.25) is 0 Å². The molecule has 2 nitrogen and oxygen atoms in total. The Morgan fingerprint density at radius 1 is 0.552 bits per heavy atom. The second-order valence-corrected chi connectivity index (χ2v) is 8.84. The van der Waals surface area contributed by atoms with E-state index >= 15 is 0 Å². The van der Waals surface area contributed by atoms with Crippen molar-refractivity contribution in [1.82, 2.24) is 9.97 Å². The average Bonchev–Trinajstić information content (AvgIpc) is 2.70. The van der Waals surface area contributed by atoms with Crippen LogP contribution in [0.1, 0.15) is 0 Å². The quantitative estimate of drug-likeness (QED) is 0.339. The van der Waals surface area contributed by atoms with Crippen LogP contribution in [0.3, 0.4) is 0 Å². The second kappa shape index (κ2) is 8.23. The van der Waals surface area contributed by atoms with Crippen molar-refractivity contribution < 1.29 is 35.3 Å². The van der Waals surface area contributed by atoms with Crippen LogP contribution in [0.15, 0.2) is 73.1 Å². The van der Waals surface area contributed by atoms with Crippen LogP contribution >= 0.6 is 0 Å². The van der Waals surface area contributed by atoms with Crippen LogP contribution in [0.5, 0.6) is 0 Å². The molecule has 0 bridgehead atoms. The fraction of sp³-hybridized carbons (Fsp3) is 0. The summed E-state index contributed by atoms with van der Waals surface area (Å²) in [6.45, 7) is 0. The Morgan fingerprint density at radius 2 is 1.00 bits per heavy atom. The van der Waals surface area contributed by atoms with Gasteiger partial charge >= 0.3 is 172 Å². The molecule has 0 saturated carbocycles. The van der Waals surface area contributed by atoms with Crippen LogP contribution in [0.25, 0.3) is 22.3 Å². The van der Waals surface area contributed by atoms with Crippen molar-refractivity contribution >= 4 is 8.42 Å². The zero-order valence-corrected chi connectivity index (χ0v) is 17.1. The van der Waals surface area contributed by atoms with Crippen LogP contribution < -0.4 is 8.42 Å². The molecule has 2 aromatic heterocycles. The molecule has 0 fully saturated rings. The van der Waals surface area contributed by atoms with Gasteiger partial charge in [-0.05, 0) is 0 Å². The molecular formula is C22H12F4IrN2. The third-order valence-electron chi connectivity index (χ3n) is 4.08. The molecule has 147 valence electrons. The number of rotatable bonds is 4. The molecular weight excluding hydrogens is 560 g/mol. The monoisotopic (exact) mass is 573 g/mol. The molecule has 0 aliphatic carbocycles. The van der Waals surface area contributed by atoms with Crippen molar-refractivity contribution in [3.63, 3.8) is 0 Å². The van der Waals surface area contributed by atoms with Gasteiger partial charge in [-0.15, -0.1) is 0 Å². The summed E-state index contributed by atoms with van der Waals surface area (Å²) in [5, 5.41) is 0. The molecule has 0 atom stereocenters. The first-order chi connectivity index (χ1) is 14.0. The van der Waals surface area contributed by atoms with Gasteiger partial charge in [0, 0.05) is 0 Å². The SMILES string of the molecule is Fc1ccc(-c2cccn[c]2[Ir][c]2ncccc2-c2ccc(F)cc2F)c(F)c1. The molecule has 0 aliphatic heterocycles. The Balaban J connectivity index is 1.79. The first-order valence-electron chi connectivity index (χ1n) is 8.44. The Morgan fingerprint density at radius 3 is 1.41 bits per heavy atom. The summed E-state index contributed by atoms with van der Waals surface area (Å²) < 4.78 is 56.5. The van der Waals surface area contributed by atoms with E-state index in [-0.39, 0.29) is 11.1 Å². The van der Waals surface area contributed by atoms with Gasteiger partial charge in [0.15, 0.2) is 0 Å². The van der Waals surface area contributed by atoms with Gasteiger partial charge in [-0.25, -0.2) is 0 Å². The van der Waals surface area contributed by atoms with Crippen molar-refractivity contribution in [3.8, 4) is 22.3 Å². The molecule has 7 heteroatoms. The van der Waals surface area contributed by atoms with E-state index < -0.39 is 41.0 Å². The van der Waals surface area contributed by atoms with E-state index in [0.29, 0.717) is 19.5 Å². The third kappa shape index (κ3) is 4.11. The fourth-order valence-corrected chi connectivity index (χ4v) is 5.66. The number of nitrogens with zero attached hydrogens (tertiary/aromatic N) is 2.